The van der Waals surface area contributed by atoms with E-state index < -0.39 is 23.0 Å². The first-order chi connectivity index (χ1) is 16.9. The number of aromatic nitrogens is 5. The molecule has 0 aliphatic rings. The number of benzene rings is 2. The Hall–Kier alpha value is -4.67. The lowest BCUT2D eigenvalue weighted by atomic mass is 10.1. The molecular weight excluding hydrogens is 459 g/mol. The van der Waals surface area contributed by atoms with E-state index in [-0.39, 0.29) is 24.0 Å². The number of anilines is 2. The smallest absolute Gasteiger partial charge is 0.255 e. The summed E-state index contributed by atoms with van der Waals surface area (Å²) in [6.07, 6.45) is 1.25. The lowest BCUT2D eigenvalue weighted by Crippen LogP contribution is -2.10. The van der Waals surface area contributed by atoms with Crippen LogP contribution in [0.4, 0.5) is 24.8 Å². The highest BCUT2D eigenvalue weighted by molar-refractivity contribution is 5.85. The molecule has 0 atom stereocenters. The summed E-state index contributed by atoms with van der Waals surface area (Å²) in [4.78, 5) is 12.8. The number of hydrogen-bond donors (Lipinski definition) is 2. The van der Waals surface area contributed by atoms with Gasteiger partial charge in [-0.05, 0) is 29.8 Å². The van der Waals surface area contributed by atoms with E-state index in [1.165, 1.54) is 11.8 Å². The maximum Gasteiger partial charge on any atom is 0.255 e. The van der Waals surface area contributed by atoms with Crippen LogP contribution in [-0.4, -0.2) is 31.8 Å². The number of pyridine rings is 1. The number of nitrogens with two attached hydrogens (primary N) is 2. The second-order valence-electron chi connectivity index (χ2n) is 7.63. The van der Waals surface area contributed by atoms with Crippen molar-refractivity contribution in [2.45, 2.75) is 6.42 Å². The molecule has 3 heterocycles. The zero-order valence-electron chi connectivity index (χ0n) is 18.3. The highest BCUT2D eigenvalue weighted by atomic mass is 19.2. The van der Waals surface area contributed by atoms with Crippen LogP contribution in [0.5, 0.6) is 5.88 Å². The number of methoxy groups -OCH3 is 1. The molecule has 176 valence electrons. The number of ether oxygens (including phenoxy) is 1. The first-order valence-corrected chi connectivity index (χ1v) is 10.4. The number of halogens is 3. The van der Waals surface area contributed by atoms with Crippen LogP contribution in [0, 0.1) is 17.5 Å². The van der Waals surface area contributed by atoms with Crippen LogP contribution in [-0.2, 0) is 6.42 Å². The van der Waals surface area contributed by atoms with Crippen LogP contribution in [0.1, 0.15) is 11.3 Å². The Bertz CT molecular complexity index is 1560. The van der Waals surface area contributed by atoms with E-state index in [4.69, 9.17) is 16.2 Å². The van der Waals surface area contributed by atoms with E-state index in [2.05, 4.69) is 20.1 Å². The fourth-order valence-corrected chi connectivity index (χ4v) is 3.86. The SMILES string of the molecule is COc1cc(-c2c(N)nc(-n3nc(Cc4c(F)ccc(F)c4F)c4ccccc43)nc2N)ccn1. The molecule has 3 aromatic heterocycles. The van der Waals surface area contributed by atoms with Gasteiger partial charge in [0, 0.05) is 29.6 Å². The molecule has 2 aromatic carbocycles. The fraction of sp³-hybridized carbons (Fsp3) is 0.0833. The molecule has 0 spiro atoms. The number of para-hydroxylation sites is 1. The van der Waals surface area contributed by atoms with Crippen LogP contribution in [0.15, 0.2) is 54.7 Å². The molecule has 0 saturated carbocycles. The Labute approximate surface area is 197 Å². The fourth-order valence-electron chi connectivity index (χ4n) is 3.86. The van der Waals surface area contributed by atoms with Gasteiger partial charge in [-0.1, -0.05) is 18.2 Å². The Balaban J connectivity index is 1.63. The van der Waals surface area contributed by atoms with Crippen molar-refractivity contribution in [3.8, 4) is 23.0 Å². The minimum Gasteiger partial charge on any atom is -0.481 e. The predicted molar refractivity (Wildman–Crippen MR) is 124 cm³/mol. The van der Waals surface area contributed by atoms with Gasteiger partial charge < -0.3 is 16.2 Å². The molecule has 8 nitrogen and oxygen atoms in total. The molecule has 0 fully saturated rings. The zero-order chi connectivity index (χ0) is 24.7. The number of hydrogen-bond acceptors (Lipinski definition) is 7. The summed E-state index contributed by atoms with van der Waals surface area (Å²) < 4.78 is 48.9. The lowest BCUT2D eigenvalue weighted by molar-refractivity contribution is 0.398. The maximum atomic E-state index is 14.3. The van der Waals surface area contributed by atoms with Crippen LogP contribution >= 0.6 is 0 Å². The lowest BCUT2D eigenvalue weighted by Gasteiger charge is -2.11. The zero-order valence-corrected chi connectivity index (χ0v) is 18.3. The molecule has 0 unspecified atom stereocenters. The average molecular weight is 477 g/mol. The second kappa shape index (κ2) is 8.60. The van der Waals surface area contributed by atoms with E-state index in [0.717, 1.165) is 12.1 Å². The average Bonchev–Trinajstić information content (AvgIpc) is 3.22. The summed E-state index contributed by atoms with van der Waals surface area (Å²) in [6, 6.07) is 11.9. The minimum absolute atomic E-state index is 0.0624. The summed E-state index contributed by atoms with van der Waals surface area (Å²) in [5.41, 5.74) is 13.9. The topological polar surface area (TPSA) is 118 Å². The molecule has 0 aliphatic carbocycles. The number of nitrogen functional groups attached to an aromatic ring is 2. The van der Waals surface area contributed by atoms with E-state index in [1.54, 1.807) is 42.6 Å². The van der Waals surface area contributed by atoms with Gasteiger partial charge in [-0.25, -0.2) is 18.2 Å². The van der Waals surface area contributed by atoms with Crippen LogP contribution in [0.2, 0.25) is 0 Å². The first-order valence-electron chi connectivity index (χ1n) is 10.4. The Kier molecular flexibility index (Phi) is 5.44. The number of nitrogens with zero attached hydrogens (tertiary/aromatic N) is 5. The number of fused-ring (bicyclic) bond motifs is 1. The van der Waals surface area contributed by atoms with E-state index in [9.17, 15) is 13.2 Å². The maximum absolute atomic E-state index is 14.3. The highest BCUT2D eigenvalue weighted by Gasteiger charge is 2.21. The molecule has 0 aliphatic heterocycles. The van der Waals surface area contributed by atoms with E-state index in [0.29, 0.717) is 33.6 Å². The molecule has 4 N–H and O–H groups in total. The monoisotopic (exact) mass is 477 g/mol. The van der Waals surface area contributed by atoms with E-state index >= 15 is 0 Å². The van der Waals surface area contributed by atoms with Gasteiger partial charge >= 0.3 is 0 Å². The molecule has 0 bridgehead atoms. The van der Waals surface area contributed by atoms with Gasteiger partial charge in [0.05, 0.1) is 23.9 Å². The molecule has 5 aromatic rings. The normalized spacial score (nSPS) is 11.2. The Morgan fingerprint density at radius 1 is 0.943 bits per heavy atom. The third-order valence-electron chi connectivity index (χ3n) is 5.52. The standard InChI is InChI=1S/C24H18F3N7O/c1-35-19-10-12(8-9-30-19)20-22(28)31-24(32-23(20)29)34-18-5-3-2-4-13(18)17(33-34)11-14-15(25)6-7-16(26)21(14)27/h2-10H,11H2,1H3,(H4,28,29,31,32). The van der Waals surface area contributed by atoms with Gasteiger partial charge in [0.2, 0.25) is 5.88 Å². The second-order valence-corrected chi connectivity index (χ2v) is 7.63. The van der Waals surface area contributed by atoms with Crippen molar-refractivity contribution in [2.24, 2.45) is 0 Å². The van der Waals surface area contributed by atoms with Gasteiger partial charge in [-0.15, -0.1) is 0 Å². The van der Waals surface area contributed by atoms with Crippen LogP contribution in [0.25, 0.3) is 28.0 Å². The van der Waals surface area contributed by atoms with Crippen molar-refractivity contribution in [2.75, 3.05) is 18.6 Å². The van der Waals surface area contributed by atoms with Gasteiger partial charge in [-0.3, -0.25) is 0 Å². The van der Waals surface area contributed by atoms with E-state index in [1.807, 2.05) is 0 Å². The highest BCUT2D eigenvalue weighted by Crippen LogP contribution is 2.32. The molecule has 5 rings (SSSR count). The minimum atomic E-state index is -1.26. The largest absolute Gasteiger partial charge is 0.481 e. The molecule has 11 heteroatoms. The van der Waals surface area contributed by atoms with Gasteiger partial charge in [-0.2, -0.15) is 19.7 Å². The Morgan fingerprint density at radius 3 is 2.40 bits per heavy atom. The summed E-state index contributed by atoms with van der Waals surface area (Å²) in [5, 5.41) is 5.06. The summed E-state index contributed by atoms with van der Waals surface area (Å²) >= 11 is 0. The summed E-state index contributed by atoms with van der Waals surface area (Å²) in [6.45, 7) is 0. The molecule has 0 amide bonds. The van der Waals surface area contributed by atoms with Gasteiger partial charge in [0.1, 0.15) is 17.5 Å². The van der Waals surface area contributed by atoms with Gasteiger partial charge in [0.15, 0.2) is 11.6 Å². The third kappa shape index (κ3) is 3.86. The van der Waals surface area contributed by atoms with Crippen molar-refractivity contribution in [3.05, 3.63) is 83.4 Å². The van der Waals surface area contributed by atoms with Gasteiger partial charge in [0.25, 0.3) is 5.95 Å². The molecule has 0 radical (unpaired) electrons. The molecule has 35 heavy (non-hydrogen) atoms. The predicted octanol–water partition coefficient (Wildman–Crippen LogP) is 4.06. The summed E-state index contributed by atoms with van der Waals surface area (Å²) in [7, 11) is 1.49. The van der Waals surface area contributed by atoms with Crippen molar-refractivity contribution in [1.29, 1.82) is 0 Å². The van der Waals surface area contributed by atoms with Crippen molar-refractivity contribution in [1.82, 2.24) is 24.7 Å². The summed E-state index contributed by atoms with van der Waals surface area (Å²) in [5.74, 6) is -2.67. The quantitative estimate of drug-likeness (QED) is 0.367. The van der Waals surface area contributed by atoms with Crippen molar-refractivity contribution < 1.29 is 17.9 Å². The molecule has 0 saturated heterocycles. The first kappa shape index (κ1) is 22.1. The van der Waals surface area contributed by atoms with Crippen LogP contribution < -0.4 is 16.2 Å². The Morgan fingerprint density at radius 2 is 1.66 bits per heavy atom. The van der Waals surface area contributed by atoms with Crippen LogP contribution in [0.3, 0.4) is 0 Å². The van der Waals surface area contributed by atoms with Crippen molar-refractivity contribution >= 4 is 22.5 Å². The number of rotatable bonds is 5. The third-order valence-corrected chi connectivity index (χ3v) is 5.52. The van der Waals surface area contributed by atoms with Crippen molar-refractivity contribution in [3.63, 3.8) is 0 Å². The molecular formula is C24H18F3N7O.